The quantitative estimate of drug-likeness (QED) is 0.778. The maximum Gasteiger partial charge on any atom is 0.203 e. The maximum atomic E-state index is 6.02. The molecule has 0 saturated carbocycles. The highest BCUT2D eigenvalue weighted by Crippen LogP contribution is 2.33. The van der Waals surface area contributed by atoms with Crippen LogP contribution in [0.2, 0.25) is 9.62 Å². The summed E-state index contributed by atoms with van der Waals surface area (Å²) in [5.41, 5.74) is 1.02. The number of hydrogen-bond donors (Lipinski definition) is 0. The Morgan fingerprint density at radius 1 is 1.33 bits per heavy atom. The van der Waals surface area contributed by atoms with Crippen molar-refractivity contribution in [3.8, 4) is 10.6 Å². The SMILES string of the molecule is CC(C)n1c(-c2ccc(Cl)s2)cnc1Cl. The molecule has 0 aromatic carbocycles. The van der Waals surface area contributed by atoms with Gasteiger partial charge in [0.2, 0.25) is 5.28 Å². The average molecular weight is 261 g/mol. The van der Waals surface area contributed by atoms with Crippen molar-refractivity contribution in [2.75, 3.05) is 0 Å². The molecule has 0 aliphatic heterocycles. The van der Waals surface area contributed by atoms with Crippen LogP contribution < -0.4 is 0 Å². The number of thiophene rings is 1. The number of rotatable bonds is 2. The van der Waals surface area contributed by atoms with Gasteiger partial charge in [0.05, 0.1) is 21.1 Å². The summed E-state index contributed by atoms with van der Waals surface area (Å²) in [4.78, 5) is 5.21. The Bertz CT molecular complexity index is 473. The van der Waals surface area contributed by atoms with Gasteiger partial charge in [-0.2, -0.15) is 0 Å². The predicted molar refractivity (Wildman–Crippen MR) is 65.9 cm³/mol. The third-order valence-electron chi connectivity index (χ3n) is 2.09. The van der Waals surface area contributed by atoms with Gasteiger partial charge >= 0.3 is 0 Å². The van der Waals surface area contributed by atoms with Gasteiger partial charge in [-0.3, -0.25) is 0 Å². The molecule has 15 heavy (non-hydrogen) atoms. The van der Waals surface area contributed by atoms with Crippen molar-refractivity contribution in [1.29, 1.82) is 0 Å². The van der Waals surface area contributed by atoms with Crippen molar-refractivity contribution in [1.82, 2.24) is 9.55 Å². The number of halogens is 2. The second-order valence-corrected chi connectivity index (χ2v) is 5.53. The van der Waals surface area contributed by atoms with Gasteiger partial charge in [0, 0.05) is 6.04 Å². The highest BCUT2D eigenvalue weighted by molar-refractivity contribution is 7.19. The van der Waals surface area contributed by atoms with Gasteiger partial charge in [-0.05, 0) is 37.6 Å². The van der Waals surface area contributed by atoms with E-state index in [4.69, 9.17) is 23.2 Å². The molecular weight excluding hydrogens is 251 g/mol. The molecule has 0 aliphatic rings. The first kappa shape index (κ1) is 11.0. The lowest BCUT2D eigenvalue weighted by atomic mass is 10.3. The summed E-state index contributed by atoms with van der Waals surface area (Å²) >= 11 is 13.5. The van der Waals surface area contributed by atoms with Gasteiger partial charge in [-0.25, -0.2) is 4.98 Å². The van der Waals surface area contributed by atoms with E-state index in [0.717, 1.165) is 14.9 Å². The third-order valence-corrected chi connectivity index (χ3v) is 3.63. The van der Waals surface area contributed by atoms with Crippen LogP contribution in [0.25, 0.3) is 10.6 Å². The Morgan fingerprint density at radius 3 is 2.60 bits per heavy atom. The van der Waals surface area contributed by atoms with E-state index in [1.165, 1.54) is 11.3 Å². The Kier molecular flexibility index (Phi) is 3.05. The minimum atomic E-state index is 0.288. The lowest BCUT2D eigenvalue weighted by Gasteiger charge is -2.11. The summed E-state index contributed by atoms with van der Waals surface area (Å²) < 4.78 is 2.77. The van der Waals surface area contributed by atoms with Crippen molar-refractivity contribution in [3.63, 3.8) is 0 Å². The van der Waals surface area contributed by atoms with Crippen molar-refractivity contribution in [3.05, 3.63) is 27.9 Å². The number of nitrogens with zero attached hydrogens (tertiary/aromatic N) is 2. The lowest BCUT2D eigenvalue weighted by Crippen LogP contribution is -2.01. The van der Waals surface area contributed by atoms with Crippen molar-refractivity contribution in [2.45, 2.75) is 19.9 Å². The van der Waals surface area contributed by atoms with Crippen molar-refractivity contribution in [2.24, 2.45) is 0 Å². The molecule has 2 nitrogen and oxygen atoms in total. The largest absolute Gasteiger partial charge is 0.311 e. The molecule has 0 atom stereocenters. The number of aromatic nitrogens is 2. The maximum absolute atomic E-state index is 6.02. The minimum absolute atomic E-state index is 0.288. The molecule has 0 bridgehead atoms. The molecule has 2 rings (SSSR count). The second-order valence-electron chi connectivity index (χ2n) is 3.48. The van der Waals surface area contributed by atoms with Gasteiger partial charge in [-0.15, -0.1) is 11.3 Å². The van der Waals surface area contributed by atoms with Gasteiger partial charge in [0.25, 0.3) is 0 Å². The lowest BCUT2D eigenvalue weighted by molar-refractivity contribution is 0.607. The molecule has 5 heteroatoms. The molecule has 0 N–H and O–H groups in total. The monoisotopic (exact) mass is 260 g/mol. The fraction of sp³-hybridized carbons (Fsp3) is 0.300. The second kappa shape index (κ2) is 4.16. The number of imidazole rings is 1. The molecule has 0 fully saturated rings. The highest BCUT2D eigenvalue weighted by atomic mass is 35.5. The van der Waals surface area contributed by atoms with E-state index in [0.29, 0.717) is 5.28 Å². The van der Waals surface area contributed by atoms with E-state index >= 15 is 0 Å². The van der Waals surface area contributed by atoms with Crippen molar-refractivity contribution >= 4 is 34.5 Å². The van der Waals surface area contributed by atoms with Gasteiger partial charge in [0.15, 0.2) is 0 Å². The molecule has 0 saturated heterocycles. The molecule has 2 heterocycles. The molecular formula is C10H10Cl2N2S. The van der Waals surface area contributed by atoms with E-state index < -0.39 is 0 Å². The molecule has 2 aromatic rings. The summed E-state index contributed by atoms with van der Waals surface area (Å²) in [7, 11) is 0. The first-order valence-corrected chi connectivity index (χ1v) is 6.15. The smallest absolute Gasteiger partial charge is 0.203 e. The summed E-state index contributed by atoms with van der Waals surface area (Å²) in [6.45, 7) is 4.15. The van der Waals surface area contributed by atoms with E-state index in [1.54, 1.807) is 6.20 Å². The van der Waals surface area contributed by atoms with Crippen LogP contribution in [0.4, 0.5) is 0 Å². The van der Waals surface area contributed by atoms with Crippen LogP contribution in [0.3, 0.4) is 0 Å². The summed E-state index contributed by atoms with van der Waals surface area (Å²) in [6.07, 6.45) is 1.78. The zero-order chi connectivity index (χ0) is 11.0. The molecule has 0 unspecified atom stereocenters. The fourth-order valence-corrected chi connectivity index (χ4v) is 2.85. The normalized spacial score (nSPS) is 11.3. The topological polar surface area (TPSA) is 17.8 Å². The van der Waals surface area contributed by atoms with Crippen LogP contribution in [0.1, 0.15) is 19.9 Å². The van der Waals surface area contributed by atoms with Crippen LogP contribution in [-0.4, -0.2) is 9.55 Å². The van der Waals surface area contributed by atoms with Crippen LogP contribution in [-0.2, 0) is 0 Å². The molecule has 0 spiro atoms. The molecule has 80 valence electrons. The Hall–Kier alpha value is -0.510. The molecule has 0 radical (unpaired) electrons. The predicted octanol–water partition coefficient (Wildman–Crippen LogP) is 4.50. The molecule has 2 aromatic heterocycles. The standard InChI is InChI=1S/C10H10Cl2N2S/c1-6(2)14-7(5-13-10(14)12)8-3-4-9(11)15-8/h3-6H,1-2H3. The van der Waals surface area contributed by atoms with E-state index in [-0.39, 0.29) is 6.04 Å². The zero-order valence-electron chi connectivity index (χ0n) is 8.37. The van der Waals surface area contributed by atoms with Crippen molar-refractivity contribution < 1.29 is 0 Å². The van der Waals surface area contributed by atoms with Gasteiger partial charge < -0.3 is 4.57 Å². The summed E-state index contributed by atoms with van der Waals surface area (Å²) in [5, 5.41) is 0.518. The average Bonchev–Trinajstić information content (AvgIpc) is 2.71. The Labute approximate surface area is 102 Å². The molecule has 0 amide bonds. The van der Waals surface area contributed by atoms with E-state index in [2.05, 4.69) is 18.8 Å². The molecule has 0 aliphatic carbocycles. The van der Waals surface area contributed by atoms with Crippen LogP contribution >= 0.6 is 34.5 Å². The summed E-state index contributed by atoms with van der Waals surface area (Å²) in [5.74, 6) is 0. The Balaban J connectivity index is 2.53. The van der Waals surface area contributed by atoms with Gasteiger partial charge in [0.1, 0.15) is 0 Å². The first-order chi connectivity index (χ1) is 7.09. The van der Waals surface area contributed by atoms with Crippen LogP contribution in [0, 0.1) is 0 Å². The number of hydrogen-bond acceptors (Lipinski definition) is 2. The fourth-order valence-electron chi connectivity index (χ4n) is 1.46. The third kappa shape index (κ3) is 2.05. The minimum Gasteiger partial charge on any atom is -0.311 e. The van der Waals surface area contributed by atoms with E-state index in [9.17, 15) is 0 Å². The zero-order valence-corrected chi connectivity index (χ0v) is 10.7. The van der Waals surface area contributed by atoms with Gasteiger partial charge in [-0.1, -0.05) is 11.6 Å². The first-order valence-electron chi connectivity index (χ1n) is 4.58. The van der Waals surface area contributed by atoms with Crippen LogP contribution in [0.5, 0.6) is 0 Å². The van der Waals surface area contributed by atoms with Crippen LogP contribution in [0.15, 0.2) is 18.3 Å². The summed E-state index contributed by atoms with van der Waals surface area (Å²) in [6, 6.07) is 4.16. The van der Waals surface area contributed by atoms with E-state index in [1.807, 2.05) is 16.7 Å². The highest BCUT2D eigenvalue weighted by Gasteiger charge is 2.13. The Morgan fingerprint density at radius 2 is 2.07 bits per heavy atom.